The van der Waals surface area contributed by atoms with Crippen LogP contribution < -0.4 is 5.09 Å². The highest BCUT2D eigenvalue weighted by Crippen LogP contribution is 2.41. The monoisotopic (exact) mass is 511 g/mol. The van der Waals surface area contributed by atoms with Gasteiger partial charge in [0.15, 0.2) is 0 Å². The summed E-state index contributed by atoms with van der Waals surface area (Å²) in [4.78, 5) is 0. The van der Waals surface area contributed by atoms with E-state index >= 15 is 0 Å². The number of hydrogen-bond acceptors (Lipinski definition) is 4. The van der Waals surface area contributed by atoms with Crippen molar-refractivity contribution in [1.29, 1.82) is 0 Å². The van der Waals surface area contributed by atoms with Crippen LogP contribution in [0.15, 0.2) is 0 Å². The van der Waals surface area contributed by atoms with E-state index in [1.54, 1.807) is 28.0 Å². The van der Waals surface area contributed by atoms with Crippen molar-refractivity contribution < 1.29 is 13.6 Å². The average molecular weight is 513 g/mol. The van der Waals surface area contributed by atoms with E-state index in [1.165, 1.54) is 0 Å². The molecule has 0 aliphatic carbocycles. The first kappa shape index (κ1) is 50.4. The molecule has 3 unspecified atom stereocenters. The van der Waals surface area contributed by atoms with Gasteiger partial charge >= 0.3 is 0 Å². The van der Waals surface area contributed by atoms with E-state index in [4.69, 9.17) is 49.5 Å². The summed E-state index contributed by atoms with van der Waals surface area (Å²) >= 11 is 20.8. The Bertz CT molecular complexity index is 154. The molecule has 0 aromatic rings. The van der Waals surface area contributed by atoms with Crippen molar-refractivity contribution in [3.05, 3.63) is 0 Å². The molecule has 0 rings (SSSR count). The average Bonchev–Trinajstić information content (AvgIpc) is 2.38. The zero-order chi connectivity index (χ0) is 17.1. The third-order valence-electron chi connectivity index (χ3n) is 1.09. The summed E-state index contributed by atoms with van der Waals surface area (Å²) in [6.45, 7) is 6.76. The Labute approximate surface area is 177 Å². The van der Waals surface area contributed by atoms with E-state index in [-0.39, 0.29) is 38.0 Å². The molecule has 0 heterocycles. The zero-order valence-corrected chi connectivity index (χ0v) is 19.6. The number of rotatable bonds is 4. The van der Waals surface area contributed by atoms with Crippen LogP contribution in [0.25, 0.3) is 0 Å². The summed E-state index contributed by atoms with van der Waals surface area (Å²) in [6, 6.07) is 0. The minimum atomic E-state index is -0.676. The standard InChI is InChI=1S/C3H10NOP.2C2H6ClOP.CH3Cl2P.4CH4/c1-4-6(3)5-2;2*1-4-5(2)3;1-4(2)3;;;;/h4H,1-3H3;2*1-2H3;1H3;4*1H4. The molecule has 0 saturated heterocycles. The van der Waals surface area contributed by atoms with Gasteiger partial charge in [-0.25, -0.2) is 0 Å². The van der Waals surface area contributed by atoms with Crippen molar-refractivity contribution in [2.24, 2.45) is 0 Å². The number of halogens is 4. The Balaban J connectivity index is -0.0000000226. The van der Waals surface area contributed by atoms with Crippen LogP contribution in [0, 0.1) is 0 Å². The van der Waals surface area contributed by atoms with Crippen molar-refractivity contribution in [3.63, 3.8) is 0 Å². The van der Waals surface area contributed by atoms with Crippen LogP contribution in [0.5, 0.6) is 0 Å². The fraction of sp³-hybridized carbons (Fsp3) is 1.00. The van der Waals surface area contributed by atoms with Crippen molar-refractivity contribution in [1.82, 2.24) is 5.09 Å². The summed E-state index contributed by atoms with van der Waals surface area (Å²) in [6.07, 6.45) is 0. The number of hydrogen-bond donors (Lipinski definition) is 1. The van der Waals surface area contributed by atoms with Crippen LogP contribution in [0.1, 0.15) is 29.7 Å². The van der Waals surface area contributed by atoms with Crippen molar-refractivity contribution >= 4 is 74.9 Å². The molecule has 12 heteroatoms. The van der Waals surface area contributed by atoms with E-state index in [1.807, 2.05) is 27.0 Å². The van der Waals surface area contributed by atoms with E-state index in [9.17, 15) is 0 Å². The topological polar surface area (TPSA) is 39.7 Å². The van der Waals surface area contributed by atoms with E-state index in [0.717, 1.165) is 0 Å². The molecule has 160 valence electrons. The SMILES string of the molecule is C.C.C.C.CNP(C)OC.COP(C)Cl.COP(C)Cl.CP(Cl)Cl. The van der Waals surface area contributed by atoms with Crippen LogP contribution in [0.4, 0.5) is 0 Å². The highest BCUT2D eigenvalue weighted by atomic mass is 35.9. The summed E-state index contributed by atoms with van der Waals surface area (Å²) in [5.41, 5.74) is 0. The Morgan fingerprint density at radius 2 is 0.792 bits per heavy atom. The van der Waals surface area contributed by atoms with Crippen LogP contribution in [-0.2, 0) is 13.6 Å². The van der Waals surface area contributed by atoms with Gasteiger partial charge in [-0.3, -0.25) is 5.09 Å². The minimum absolute atomic E-state index is 0. The van der Waals surface area contributed by atoms with Gasteiger partial charge < -0.3 is 13.6 Å². The molecule has 4 nitrogen and oxygen atoms in total. The first-order valence-corrected chi connectivity index (χ1v) is 15.5. The Hall–Kier alpha value is 2.72. The van der Waals surface area contributed by atoms with Gasteiger partial charge in [-0.15, -0.1) is 0 Å². The molecule has 24 heavy (non-hydrogen) atoms. The van der Waals surface area contributed by atoms with Crippen LogP contribution in [0.3, 0.4) is 0 Å². The van der Waals surface area contributed by atoms with Gasteiger partial charge in [0, 0.05) is 21.3 Å². The van der Waals surface area contributed by atoms with Gasteiger partial charge in [0.1, 0.15) is 15.0 Å². The molecule has 0 saturated carbocycles. The molecule has 0 aliphatic rings. The van der Waals surface area contributed by atoms with Crippen molar-refractivity contribution in [3.8, 4) is 0 Å². The van der Waals surface area contributed by atoms with Crippen molar-refractivity contribution in [2.75, 3.05) is 55.0 Å². The molecule has 0 aromatic carbocycles. The quantitative estimate of drug-likeness (QED) is 0.381. The lowest BCUT2D eigenvalue weighted by molar-refractivity contribution is 0.459. The highest BCUT2D eigenvalue weighted by Gasteiger charge is 1.86. The van der Waals surface area contributed by atoms with Gasteiger partial charge in [-0.05, 0) is 33.7 Å². The third-order valence-corrected chi connectivity index (χ3v) is 4.10. The lowest BCUT2D eigenvalue weighted by atomic mass is 11.6. The van der Waals surface area contributed by atoms with Crippen LogP contribution >= 0.6 is 74.9 Å². The van der Waals surface area contributed by atoms with Crippen LogP contribution in [0.2, 0.25) is 0 Å². The van der Waals surface area contributed by atoms with Crippen molar-refractivity contribution in [2.45, 2.75) is 29.7 Å². The molecule has 0 bridgehead atoms. The molecule has 3 atom stereocenters. The maximum absolute atomic E-state index is 5.30. The van der Waals surface area contributed by atoms with E-state index in [2.05, 4.69) is 14.1 Å². The molecule has 1 N–H and O–H groups in total. The summed E-state index contributed by atoms with van der Waals surface area (Å²) < 4.78 is 14.0. The summed E-state index contributed by atoms with van der Waals surface area (Å²) in [7, 11) is 5.19. The molecule has 0 aliphatic heterocycles. The lowest BCUT2D eigenvalue weighted by Gasteiger charge is -2.03. The lowest BCUT2D eigenvalue weighted by Crippen LogP contribution is -1.95. The van der Waals surface area contributed by atoms with Gasteiger partial charge in [0.25, 0.3) is 0 Å². The smallest absolute Gasteiger partial charge is 0.120 e. The first-order chi connectivity index (χ1) is 9.08. The second-order valence-electron chi connectivity index (χ2n) is 2.51. The maximum Gasteiger partial charge on any atom is 0.120 e. The molecule has 0 spiro atoms. The molecule has 0 radical (unpaired) electrons. The van der Waals surface area contributed by atoms with Gasteiger partial charge in [0.2, 0.25) is 0 Å². The summed E-state index contributed by atoms with van der Waals surface area (Å²) in [5.74, 6) is 0. The Kier molecular flexibility index (Phi) is 94.3. The molecule has 0 amide bonds. The fourth-order valence-electron chi connectivity index (χ4n) is 0.0913. The third kappa shape index (κ3) is 121. The fourth-order valence-corrected chi connectivity index (χ4v) is 0.274. The Morgan fingerprint density at radius 3 is 0.792 bits per heavy atom. The van der Waals surface area contributed by atoms with E-state index < -0.39 is 21.6 Å². The normalized spacial score (nSPS) is 11.4. The molecular weight excluding hydrogens is 472 g/mol. The predicted molar refractivity (Wildman–Crippen MR) is 132 cm³/mol. The predicted octanol–water partition coefficient (Wildman–Crippen LogP) is 9.37. The second kappa shape index (κ2) is 44.8. The minimum Gasteiger partial charge on any atom is -0.347 e. The molecular formula is C12H41Cl4NO3P4. The highest BCUT2D eigenvalue weighted by molar-refractivity contribution is 8.03. The molecule has 0 aromatic heterocycles. The summed E-state index contributed by atoms with van der Waals surface area (Å²) in [5, 5.41) is 2.96. The molecule has 0 fully saturated rings. The first-order valence-electron chi connectivity index (χ1n) is 4.96. The van der Waals surface area contributed by atoms with Gasteiger partial charge in [0.05, 0.1) is 14.9 Å². The van der Waals surface area contributed by atoms with Gasteiger partial charge in [-0.2, -0.15) is 0 Å². The second-order valence-corrected chi connectivity index (χ2v) is 14.0. The van der Waals surface area contributed by atoms with E-state index in [0.29, 0.717) is 0 Å². The van der Waals surface area contributed by atoms with Crippen LogP contribution in [-0.4, -0.2) is 55.0 Å². The zero-order valence-electron chi connectivity index (χ0n) is 13.0. The number of nitrogens with one attached hydrogen (secondary N) is 1. The Morgan fingerprint density at radius 1 is 0.625 bits per heavy atom. The maximum atomic E-state index is 5.30. The van der Waals surface area contributed by atoms with Gasteiger partial charge in [-0.1, -0.05) is 74.7 Å². The largest absolute Gasteiger partial charge is 0.347 e.